The van der Waals surface area contributed by atoms with E-state index in [1.165, 1.54) is 6.33 Å². The standard InChI is InChI=1S/C20H27N7O/c1-3-7-18-23-15-8-5-6-9-17(15)27(18)16(4-2)19(28)25-10-12-26(13-11-25)20-21-14-22-24-20/h5-6,8-9,14,16H,3-4,7,10-13H2,1-2H3,(H,21,22,24)/t16-/m0/s1. The molecular weight excluding hydrogens is 354 g/mol. The third-order valence-corrected chi connectivity index (χ3v) is 5.42. The van der Waals surface area contributed by atoms with Gasteiger partial charge in [0.15, 0.2) is 0 Å². The number of carbonyl (C=O) groups is 1. The first-order chi connectivity index (χ1) is 13.7. The number of anilines is 1. The molecule has 0 aliphatic carbocycles. The zero-order valence-electron chi connectivity index (χ0n) is 16.5. The Balaban J connectivity index is 1.57. The third kappa shape index (κ3) is 3.34. The minimum absolute atomic E-state index is 0.181. The fourth-order valence-electron chi connectivity index (χ4n) is 4.01. The van der Waals surface area contributed by atoms with Crippen LogP contribution in [-0.4, -0.2) is 61.7 Å². The highest BCUT2D eigenvalue weighted by Crippen LogP contribution is 2.26. The Hall–Kier alpha value is -2.90. The van der Waals surface area contributed by atoms with Crippen molar-refractivity contribution in [3.63, 3.8) is 0 Å². The highest BCUT2D eigenvalue weighted by atomic mass is 16.2. The molecule has 1 saturated heterocycles. The summed E-state index contributed by atoms with van der Waals surface area (Å²) in [5, 5.41) is 6.81. The van der Waals surface area contributed by atoms with Gasteiger partial charge in [0.2, 0.25) is 11.9 Å². The summed E-state index contributed by atoms with van der Waals surface area (Å²) < 4.78 is 2.17. The Morgan fingerprint density at radius 1 is 1.18 bits per heavy atom. The lowest BCUT2D eigenvalue weighted by molar-refractivity contribution is -0.135. The summed E-state index contributed by atoms with van der Waals surface area (Å²) in [7, 11) is 0. The van der Waals surface area contributed by atoms with Gasteiger partial charge in [-0.3, -0.25) is 4.79 Å². The number of carbonyl (C=O) groups excluding carboxylic acids is 1. The van der Waals surface area contributed by atoms with E-state index in [1.54, 1.807) is 0 Å². The van der Waals surface area contributed by atoms with E-state index in [0.717, 1.165) is 55.2 Å². The molecule has 1 N–H and O–H groups in total. The SMILES string of the molecule is CCCc1nc2ccccc2n1[C@@H](CC)C(=O)N1CCN(c2ncn[nH]2)CC1. The van der Waals surface area contributed by atoms with Crippen molar-refractivity contribution < 1.29 is 4.79 Å². The van der Waals surface area contributed by atoms with Gasteiger partial charge in [0, 0.05) is 32.6 Å². The Kier molecular flexibility index (Phi) is 5.27. The van der Waals surface area contributed by atoms with Crippen molar-refractivity contribution in [2.24, 2.45) is 0 Å². The average Bonchev–Trinajstić information content (AvgIpc) is 3.38. The predicted molar refractivity (Wildman–Crippen MR) is 108 cm³/mol. The molecule has 3 aromatic rings. The molecule has 8 heteroatoms. The predicted octanol–water partition coefficient (Wildman–Crippen LogP) is 2.41. The summed E-state index contributed by atoms with van der Waals surface area (Å²) in [6.45, 7) is 7.11. The van der Waals surface area contributed by atoms with E-state index in [0.29, 0.717) is 13.1 Å². The first-order valence-electron chi connectivity index (χ1n) is 10.1. The van der Waals surface area contributed by atoms with Crippen LogP contribution in [0.5, 0.6) is 0 Å². The van der Waals surface area contributed by atoms with Crippen LogP contribution in [0.1, 0.15) is 38.6 Å². The van der Waals surface area contributed by atoms with Crippen LogP contribution in [-0.2, 0) is 11.2 Å². The van der Waals surface area contributed by atoms with E-state index < -0.39 is 0 Å². The summed E-state index contributed by atoms with van der Waals surface area (Å²) in [4.78, 5) is 26.6. The molecule has 4 rings (SSSR count). The maximum absolute atomic E-state index is 13.4. The summed E-state index contributed by atoms with van der Waals surface area (Å²) in [5.41, 5.74) is 2.01. The Morgan fingerprint density at radius 2 is 1.96 bits per heavy atom. The molecule has 0 bridgehead atoms. The molecule has 28 heavy (non-hydrogen) atoms. The van der Waals surface area contributed by atoms with Gasteiger partial charge in [-0.2, -0.15) is 10.1 Å². The Bertz CT molecular complexity index is 925. The fourth-order valence-corrected chi connectivity index (χ4v) is 4.01. The third-order valence-electron chi connectivity index (χ3n) is 5.42. The van der Waals surface area contributed by atoms with E-state index in [-0.39, 0.29) is 11.9 Å². The first kappa shape index (κ1) is 18.5. The summed E-state index contributed by atoms with van der Waals surface area (Å²) in [5.74, 6) is 1.95. The van der Waals surface area contributed by atoms with Gasteiger partial charge in [-0.25, -0.2) is 10.1 Å². The van der Waals surface area contributed by atoms with E-state index in [4.69, 9.17) is 4.98 Å². The molecule has 0 radical (unpaired) electrons. The molecule has 2 aromatic heterocycles. The zero-order chi connectivity index (χ0) is 19.5. The quantitative estimate of drug-likeness (QED) is 0.709. The number of nitrogens with zero attached hydrogens (tertiary/aromatic N) is 6. The van der Waals surface area contributed by atoms with Crippen LogP contribution in [0.2, 0.25) is 0 Å². The van der Waals surface area contributed by atoms with E-state index >= 15 is 0 Å². The Morgan fingerprint density at radius 3 is 2.64 bits per heavy atom. The topological polar surface area (TPSA) is 82.9 Å². The van der Waals surface area contributed by atoms with Crippen molar-refractivity contribution in [3.05, 3.63) is 36.4 Å². The number of benzene rings is 1. The number of para-hydroxylation sites is 2. The number of aromatic nitrogens is 5. The number of aromatic amines is 1. The van der Waals surface area contributed by atoms with Gasteiger partial charge in [0.05, 0.1) is 11.0 Å². The van der Waals surface area contributed by atoms with Crippen molar-refractivity contribution in [1.29, 1.82) is 0 Å². The molecule has 1 aromatic carbocycles. The molecule has 8 nitrogen and oxygen atoms in total. The number of rotatable bonds is 6. The number of fused-ring (bicyclic) bond motifs is 1. The van der Waals surface area contributed by atoms with Crippen LogP contribution in [0.3, 0.4) is 0 Å². The van der Waals surface area contributed by atoms with Crippen LogP contribution >= 0.6 is 0 Å². The Labute approximate surface area is 164 Å². The highest BCUT2D eigenvalue weighted by molar-refractivity contribution is 5.84. The molecule has 3 heterocycles. The number of aryl methyl sites for hydroxylation is 1. The van der Waals surface area contributed by atoms with Crippen LogP contribution < -0.4 is 4.90 Å². The smallest absolute Gasteiger partial charge is 0.245 e. The van der Waals surface area contributed by atoms with Crippen molar-refractivity contribution in [1.82, 2.24) is 29.6 Å². The number of hydrogen-bond acceptors (Lipinski definition) is 5. The van der Waals surface area contributed by atoms with Gasteiger partial charge >= 0.3 is 0 Å². The average molecular weight is 381 g/mol. The van der Waals surface area contributed by atoms with Crippen molar-refractivity contribution in [2.75, 3.05) is 31.1 Å². The lowest BCUT2D eigenvalue weighted by Crippen LogP contribution is -2.51. The number of piperazine rings is 1. The van der Waals surface area contributed by atoms with Crippen molar-refractivity contribution >= 4 is 22.9 Å². The second kappa shape index (κ2) is 8.00. The minimum atomic E-state index is -0.217. The maximum Gasteiger partial charge on any atom is 0.245 e. The first-order valence-corrected chi connectivity index (χ1v) is 10.1. The zero-order valence-corrected chi connectivity index (χ0v) is 16.5. The van der Waals surface area contributed by atoms with Gasteiger partial charge in [-0.15, -0.1) is 0 Å². The number of hydrogen-bond donors (Lipinski definition) is 1. The molecular formula is C20H27N7O. The van der Waals surface area contributed by atoms with Crippen LogP contribution in [0.15, 0.2) is 30.6 Å². The molecule has 1 fully saturated rings. The molecule has 1 atom stereocenters. The second-order valence-corrected chi connectivity index (χ2v) is 7.18. The second-order valence-electron chi connectivity index (χ2n) is 7.18. The maximum atomic E-state index is 13.4. The van der Waals surface area contributed by atoms with E-state index in [2.05, 4.69) is 44.6 Å². The number of amides is 1. The largest absolute Gasteiger partial charge is 0.338 e. The van der Waals surface area contributed by atoms with Crippen LogP contribution in [0.25, 0.3) is 11.0 Å². The minimum Gasteiger partial charge on any atom is -0.338 e. The van der Waals surface area contributed by atoms with E-state index in [1.807, 2.05) is 23.1 Å². The molecule has 0 saturated carbocycles. The number of imidazole rings is 1. The molecule has 0 spiro atoms. The number of nitrogens with one attached hydrogen (secondary N) is 1. The normalized spacial score (nSPS) is 15.9. The van der Waals surface area contributed by atoms with Crippen LogP contribution in [0.4, 0.5) is 5.95 Å². The molecule has 0 unspecified atom stereocenters. The lowest BCUT2D eigenvalue weighted by atomic mass is 10.1. The lowest BCUT2D eigenvalue weighted by Gasteiger charge is -2.36. The van der Waals surface area contributed by atoms with Crippen LogP contribution in [0, 0.1) is 0 Å². The van der Waals surface area contributed by atoms with Crippen molar-refractivity contribution in [3.8, 4) is 0 Å². The van der Waals surface area contributed by atoms with Gasteiger partial charge in [-0.1, -0.05) is 26.0 Å². The van der Waals surface area contributed by atoms with Gasteiger partial charge in [0.1, 0.15) is 18.2 Å². The fraction of sp³-hybridized carbons (Fsp3) is 0.500. The molecule has 1 aliphatic heterocycles. The van der Waals surface area contributed by atoms with Gasteiger partial charge < -0.3 is 14.4 Å². The summed E-state index contributed by atoms with van der Waals surface area (Å²) in [6.07, 6.45) is 4.14. The van der Waals surface area contributed by atoms with Crippen molar-refractivity contribution in [2.45, 2.75) is 39.2 Å². The monoisotopic (exact) mass is 381 g/mol. The molecule has 1 amide bonds. The summed E-state index contributed by atoms with van der Waals surface area (Å²) >= 11 is 0. The highest BCUT2D eigenvalue weighted by Gasteiger charge is 2.30. The van der Waals surface area contributed by atoms with Gasteiger partial charge in [-0.05, 0) is 25.0 Å². The number of H-pyrrole nitrogens is 1. The van der Waals surface area contributed by atoms with E-state index in [9.17, 15) is 4.79 Å². The summed E-state index contributed by atoms with van der Waals surface area (Å²) in [6, 6.07) is 7.90. The molecule has 148 valence electrons. The molecule has 1 aliphatic rings. The van der Waals surface area contributed by atoms with Gasteiger partial charge in [0.25, 0.3) is 0 Å².